The quantitative estimate of drug-likeness (QED) is 0.833. The van der Waals surface area contributed by atoms with E-state index in [4.69, 9.17) is 17.3 Å². The number of amides is 1. The first-order chi connectivity index (χ1) is 9.97. The molecule has 0 fully saturated rings. The molecule has 2 aromatic rings. The SMILES string of the molecule is CN(C)c1cccc(CNc2cc(Cl)ncc2C(N)=O)c1. The third-order valence-electron chi connectivity index (χ3n) is 3.05. The van der Waals surface area contributed by atoms with Crippen LogP contribution in [0.5, 0.6) is 0 Å². The molecule has 0 unspecified atom stereocenters. The Morgan fingerprint density at radius 1 is 1.38 bits per heavy atom. The molecule has 0 spiro atoms. The van der Waals surface area contributed by atoms with Crippen molar-refractivity contribution >= 4 is 28.9 Å². The van der Waals surface area contributed by atoms with Crippen LogP contribution in [0.4, 0.5) is 11.4 Å². The molecule has 1 aromatic heterocycles. The van der Waals surface area contributed by atoms with Crippen LogP contribution in [-0.2, 0) is 6.54 Å². The van der Waals surface area contributed by atoms with E-state index in [9.17, 15) is 4.79 Å². The number of nitrogens with one attached hydrogen (secondary N) is 1. The summed E-state index contributed by atoms with van der Waals surface area (Å²) < 4.78 is 0. The molecule has 21 heavy (non-hydrogen) atoms. The lowest BCUT2D eigenvalue weighted by molar-refractivity contribution is 0.100. The van der Waals surface area contributed by atoms with Gasteiger partial charge in [-0.25, -0.2) is 4.98 Å². The van der Waals surface area contributed by atoms with Crippen molar-refractivity contribution < 1.29 is 4.79 Å². The van der Waals surface area contributed by atoms with E-state index in [1.807, 2.05) is 37.2 Å². The van der Waals surface area contributed by atoms with Crippen molar-refractivity contribution in [2.75, 3.05) is 24.3 Å². The second-order valence-electron chi connectivity index (χ2n) is 4.83. The molecule has 0 atom stereocenters. The van der Waals surface area contributed by atoms with Crippen LogP contribution in [0.3, 0.4) is 0 Å². The van der Waals surface area contributed by atoms with Crippen LogP contribution in [0.1, 0.15) is 15.9 Å². The van der Waals surface area contributed by atoms with Gasteiger partial charge in [0.1, 0.15) is 5.15 Å². The topological polar surface area (TPSA) is 71.2 Å². The normalized spacial score (nSPS) is 10.2. The van der Waals surface area contributed by atoms with Crippen LogP contribution < -0.4 is 16.0 Å². The van der Waals surface area contributed by atoms with Crippen LogP contribution in [0.15, 0.2) is 36.5 Å². The number of hydrogen-bond acceptors (Lipinski definition) is 4. The largest absolute Gasteiger partial charge is 0.380 e. The summed E-state index contributed by atoms with van der Waals surface area (Å²) >= 11 is 5.86. The maximum Gasteiger partial charge on any atom is 0.252 e. The van der Waals surface area contributed by atoms with Gasteiger partial charge in [-0.1, -0.05) is 23.7 Å². The lowest BCUT2D eigenvalue weighted by Gasteiger charge is -2.15. The summed E-state index contributed by atoms with van der Waals surface area (Å²) in [7, 11) is 3.97. The van der Waals surface area contributed by atoms with Crippen LogP contribution in [0.25, 0.3) is 0 Å². The number of aromatic nitrogens is 1. The van der Waals surface area contributed by atoms with Gasteiger partial charge in [-0.05, 0) is 23.8 Å². The van der Waals surface area contributed by atoms with E-state index >= 15 is 0 Å². The average Bonchev–Trinajstić information content (AvgIpc) is 2.45. The lowest BCUT2D eigenvalue weighted by atomic mass is 10.1. The standard InChI is InChI=1S/C15H17ClN4O/c1-20(2)11-5-3-4-10(6-11)8-18-13-7-14(16)19-9-12(13)15(17)21/h3-7,9H,8H2,1-2H3,(H2,17,21)(H,18,19). The van der Waals surface area contributed by atoms with E-state index in [-0.39, 0.29) is 0 Å². The maximum absolute atomic E-state index is 11.4. The fourth-order valence-corrected chi connectivity index (χ4v) is 2.07. The van der Waals surface area contributed by atoms with Gasteiger partial charge in [-0.15, -0.1) is 0 Å². The first-order valence-electron chi connectivity index (χ1n) is 6.43. The van der Waals surface area contributed by atoms with E-state index < -0.39 is 5.91 Å². The van der Waals surface area contributed by atoms with Crippen LogP contribution in [0, 0.1) is 0 Å². The van der Waals surface area contributed by atoms with Gasteiger partial charge in [-0.2, -0.15) is 0 Å². The van der Waals surface area contributed by atoms with E-state index in [0.717, 1.165) is 11.3 Å². The Morgan fingerprint density at radius 3 is 2.81 bits per heavy atom. The van der Waals surface area contributed by atoms with E-state index in [2.05, 4.69) is 16.4 Å². The molecule has 0 aliphatic rings. The highest BCUT2D eigenvalue weighted by Crippen LogP contribution is 2.20. The highest BCUT2D eigenvalue weighted by Gasteiger charge is 2.09. The molecule has 110 valence electrons. The summed E-state index contributed by atoms with van der Waals surface area (Å²) in [5, 5.41) is 3.48. The minimum atomic E-state index is -0.538. The number of nitrogens with zero attached hydrogens (tertiary/aromatic N) is 2. The molecule has 3 N–H and O–H groups in total. The molecule has 1 amide bonds. The Hall–Kier alpha value is -2.27. The minimum absolute atomic E-state index is 0.310. The molecule has 0 bridgehead atoms. The summed E-state index contributed by atoms with van der Waals surface area (Å²) in [6.07, 6.45) is 1.38. The molecule has 0 saturated carbocycles. The molecule has 0 aliphatic carbocycles. The molecule has 0 radical (unpaired) electrons. The van der Waals surface area contributed by atoms with Crippen molar-refractivity contribution in [1.82, 2.24) is 4.98 Å². The molecule has 0 aliphatic heterocycles. The first-order valence-corrected chi connectivity index (χ1v) is 6.80. The Kier molecular flexibility index (Phi) is 4.65. The summed E-state index contributed by atoms with van der Waals surface area (Å²) in [5.41, 5.74) is 8.43. The zero-order chi connectivity index (χ0) is 15.4. The van der Waals surface area contributed by atoms with Crippen LogP contribution >= 0.6 is 11.6 Å². The molecular weight excluding hydrogens is 288 g/mol. The number of anilines is 2. The minimum Gasteiger partial charge on any atom is -0.380 e. The second kappa shape index (κ2) is 6.45. The van der Waals surface area contributed by atoms with Crippen molar-refractivity contribution in [3.05, 3.63) is 52.8 Å². The van der Waals surface area contributed by atoms with Crippen LogP contribution in [-0.4, -0.2) is 25.0 Å². The number of carbonyl (C=O) groups excluding carboxylic acids is 1. The lowest BCUT2D eigenvalue weighted by Crippen LogP contribution is -2.15. The number of carbonyl (C=O) groups is 1. The van der Waals surface area contributed by atoms with Gasteiger partial charge in [0.25, 0.3) is 5.91 Å². The van der Waals surface area contributed by atoms with Gasteiger partial charge >= 0.3 is 0 Å². The van der Waals surface area contributed by atoms with Gasteiger partial charge in [-0.3, -0.25) is 4.79 Å². The fraction of sp³-hybridized carbons (Fsp3) is 0.200. The van der Waals surface area contributed by atoms with E-state index in [1.54, 1.807) is 6.07 Å². The Morgan fingerprint density at radius 2 is 2.14 bits per heavy atom. The van der Waals surface area contributed by atoms with Crippen LogP contribution in [0.2, 0.25) is 5.15 Å². The molecule has 2 rings (SSSR count). The van der Waals surface area contributed by atoms with Gasteiger partial charge in [0.05, 0.1) is 11.3 Å². The Labute approximate surface area is 128 Å². The molecule has 0 saturated heterocycles. The molecule has 6 heteroatoms. The smallest absolute Gasteiger partial charge is 0.252 e. The number of nitrogens with two attached hydrogens (primary N) is 1. The highest BCUT2D eigenvalue weighted by molar-refractivity contribution is 6.29. The predicted octanol–water partition coefficient (Wildman–Crippen LogP) is 2.51. The molecule has 1 aromatic carbocycles. The summed E-state index contributed by atoms with van der Waals surface area (Å²) in [6, 6.07) is 9.69. The number of primary amides is 1. The van der Waals surface area contributed by atoms with E-state index in [0.29, 0.717) is 22.9 Å². The third kappa shape index (κ3) is 3.86. The molecular formula is C15H17ClN4O. The summed E-state index contributed by atoms with van der Waals surface area (Å²) in [6.45, 7) is 0.558. The Balaban J connectivity index is 2.18. The molecule has 5 nitrogen and oxygen atoms in total. The number of rotatable bonds is 5. The van der Waals surface area contributed by atoms with Crippen molar-refractivity contribution in [2.24, 2.45) is 5.73 Å². The summed E-state index contributed by atoms with van der Waals surface area (Å²) in [4.78, 5) is 17.3. The highest BCUT2D eigenvalue weighted by atomic mass is 35.5. The fourth-order valence-electron chi connectivity index (χ4n) is 1.91. The van der Waals surface area contributed by atoms with Gasteiger partial charge < -0.3 is 16.0 Å². The number of hydrogen-bond donors (Lipinski definition) is 2. The van der Waals surface area contributed by atoms with Crippen molar-refractivity contribution in [3.8, 4) is 0 Å². The van der Waals surface area contributed by atoms with Crippen molar-refractivity contribution in [1.29, 1.82) is 0 Å². The maximum atomic E-state index is 11.4. The Bertz CT molecular complexity index is 658. The van der Waals surface area contributed by atoms with Crippen molar-refractivity contribution in [3.63, 3.8) is 0 Å². The zero-order valence-corrected chi connectivity index (χ0v) is 12.7. The predicted molar refractivity (Wildman–Crippen MR) is 85.9 cm³/mol. The van der Waals surface area contributed by atoms with Gasteiger partial charge in [0.15, 0.2) is 0 Å². The average molecular weight is 305 g/mol. The van der Waals surface area contributed by atoms with Crippen molar-refractivity contribution in [2.45, 2.75) is 6.54 Å². The van der Waals surface area contributed by atoms with Gasteiger partial charge in [0.2, 0.25) is 0 Å². The second-order valence-corrected chi connectivity index (χ2v) is 5.22. The zero-order valence-electron chi connectivity index (χ0n) is 11.9. The van der Waals surface area contributed by atoms with E-state index in [1.165, 1.54) is 6.20 Å². The molecule has 1 heterocycles. The first kappa shape index (κ1) is 15.1. The number of benzene rings is 1. The number of halogens is 1. The number of pyridine rings is 1. The third-order valence-corrected chi connectivity index (χ3v) is 3.25. The van der Waals surface area contributed by atoms with Gasteiger partial charge in [0, 0.05) is 32.5 Å². The monoisotopic (exact) mass is 304 g/mol. The summed E-state index contributed by atoms with van der Waals surface area (Å²) in [5.74, 6) is -0.538.